The van der Waals surface area contributed by atoms with Gasteiger partial charge in [0.2, 0.25) is 11.8 Å². The Morgan fingerprint density at radius 3 is 2.70 bits per heavy atom. The molecule has 0 aromatic heterocycles. The number of rotatable bonds is 2. The number of carbonyl (C=O) groups excluding carboxylic acids is 2. The molecule has 182 valence electrons. The number of fused-ring (bicyclic) bond motifs is 1. The van der Waals surface area contributed by atoms with Crippen LogP contribution in [0.1, 0.15) is 50.5 Å². The standard InChI is InChI=1S/C26H39N3O4/c1-28-16-18-33-23-9-5-4-8-21(23)7-3-2-6-10-26(25(28)31)11-14-29(15-12-26)24(30)19-22-20-32-17-13-27-22/h4-5,8-9,22,27H,2-3,6-7,10-20H2,1H3. The van der Waals surface area contributed by atoms with E-state index < -0.39 is 0 Å². The Morgan fingerprint density at radius 1 is 1.09 bits per heavy atom. The van der Waals surface area contributed by atoms with Gasteiger partial charge in [-0.25, -0.2) is 0 Å². The van der Waals surface area contributed by atoms with E-state index in [4.69, 9.17) is 9.47 Å². The number of carbonyl (C=O) groups is 2. The third kappa shape index (κ3) is 6.07. The largest absolute Gasteiger partial charge is 0.491 e. The summed E-state index contributed by atoms with van der Waals surface area (Å²) in [6.45, 7) is 4.50. The summed E-state index contributed by atoms with van der Waals surface area (Å²) in [5, 5.41) is 3.36. The van der Waals surface area contributed by atoms with Crippen LogP contribution in [0.3, 0.4) is 0 Å². The smallest absolute Gasteiger partial charge is 0.228 e. The number of hydrogen-bond donors (Lipinski definition) is 1. The molecule has 7 heteroatoms. The number of likely N-dealkylation sites (N-methyl/N-ethyl adjacent to an activating group) is 1. The second kappa shape index (κ2) is 11.3. The van der Waals surface area contributed by atoms with Gasteiger partial charge in [-0.05, 0) is 43.7 Å². The van der Waals surface area contributed by atoms with E-state index in [0.29, 0.717) is 45.9 Å². The van der Waals surface area contributed by atoms with Crippen LogP contribution in [0.4, 0.5) is 0 Å². The molecule has 1 atom stereocenters. The van der Waals surface area contributed by atoms with E-state index >= 15 is 0 Å². The number of ether oxygens (including phenoxy) is 2. The average molecular weight is 458 g/mol. The van der Waals surface area contributed by atoms with Crippen molar-refractivity contribution in [2.75, 3.05) is 53.0 Å². The van der Waals surface area contributed by atoms with E-state index in [9.17, 15) is 9.59 Å². The first-order valence-corrected chi connectivity index (χ1v) is 12.6. The van der Waals surface area contributed by atoms with Crippen LogP contribution >= 0.6 is 0 Å². The van der Waals surface area contributed by atoms with Gasteiger partial charge in [-0.1, -0.05) is 31.0 Å². The molecule has 2 saturated heterocycles. The van der Waals surface area contributed by atoms with Gasteiger partial charge in [0.15, 0.2) is 0 Å². The number of nitrogens with zero attached hydrogens (tertiary/aromatic N) is 2. The molecule has 0 saturated carbocycles. The second-order valence-electron chi connectivity index (χ2n) is 9.83. The van der Waals surface area contributed by atoms with Crippen LogP contribution in [-0.2, 0) is 20.7 Å². The number of para-hydroxylation sites is 1. The Kier molecular flexibility index (Phi) is 8.25. The van der Waals surface area contributed by atoms with Gasteiger partial charge in [0.1, 0.15) is 12.4 Å². The maximum atomic E-state index is 13.6. The highest BCUT2D eigenvalue weighted by atomic mass is 16.5. The Morgan fingerprint density at radius 2 is 1.91 bits per heavy atom. The third-order valence-electron chi connectivity index (χ3n) is 7.55. The number of aryl methyl sites for hydroxylation is 1. The van der Waals surface area contributed by atoms with Gasteiger partial charge in [0.05, 0.1) is 25.2 Å². The zero-order valence-corrected chi connectivity index (χ0v) is 20.0. The summed E-state index contributed by atoms with van der Waals surface area (Å²) < 4.78 is 11.5. The van der Waals surface area contributed by atoms with Crippen LogP contribution < -0.4 is 10.1 Å². The molecular weight excluding hydrogens is 418 g/mol. The van der Waals surface area contributed by atoms with Crippen molar-refractivity contribution in [2.24, 2.45) is 5.41 Å². The maximum absolute atomic E-state index is 13.6. The van der Waals surface area contributed by atoms with Crippen molar-refractivity contribution in [3.63, 3.8) is 0 Å². The molecule has 3 aliphatic heterocycles. The summed E-state index contributed by atoms with van der Waals surface area (Å²) in [6.07, 6.45) is 7.12. The highest BCUT2D eigenvalue weighted by Gasteiger charge is 2.43. The van der Waals surface area contributed by atoms with Crippen molar-refractivity contribution >= 4 is 11.8 Å². The number of likely N-dealkylation sites (tertiary alicyclic amines) is 1. The van der Waals surface area contributed by atoms with E-state index in [1.807, 2.05) is 29.0 Å². The summed E-state index contributed by atoms with van der Waals surface area (Å²) in [5.41, 5.74) is 0.892. The molecule has 0 radical (unpaired) electrons. The number of nitrogens with one attached hydrogen (secondary N) is 1. The Bertz CT molecular complexity index is 800. The molecule has 3 aliphatic rings. The summed E-state index contributed by atoms with van der Waals surface area (Å²) in [6, 6.07) is 8.35. The minimum Gasteiger partial charge on any atom is -0.491 e. The predicted octanol–water partition coefficient (Wildman–Crippen LogP) is 2.63. The van der Waals surface area contributed by atoms with Gasteiger partial charge >= 0.3 is 0 Å². The lowest BCUT2D eigenvalue weighted by Crippen LogP contribution is -2.52. The summed E-state index contributed by atoms with van der Waals surface area (Å²) in [7, 11) is 1.89. The van der Waals surface area contributed by atoms with E-state index in [2.05, 4.69) is 17.4 Å². The van der Waals surface area contributed by atoms with Crippen molar-refractivity contribution in [2.45, 2.75) is 57.4 Å². The minimum absolute atomic E-state index is 0.101. The maximum Gasteiger partial charge on any atom is 0.228 e. The van der Waals surface area contributed by atoms with Gasteiger partial charge in [-0.3, -0.25) is 9.59 Å². The molecule has 1 aromatic rings. The quantitative estimate of drug-likeness (QED) is 0.739. The van der Waals surface area contributed by atoms with Gasteiger partial charge < -0.3 is 24.6 Å². The molecule has 7 nitrogen and oxygen atoms in total. The van der Waals surface area contributed by atoms with Crippen molar-refractivity contribution < 1.29 is 19.1 Å². The fourth-order valence-corrected chi connectivity index (χ4v) is 5.45. The fraction of sp³-hybridized carbons (Fsp3) is 0.692. The molecule has 33 heavy (non-hydrogen) atoms. The monoisotopic (exact) mass is 457 g/mol. The molecule has 0 bridgehead atoms. The number of morpholine rings is 1. The van der Waals surface area contributed by atoms with Crippen LogP contribution in [0.15, 0.2) is 24.3 Å². The first-order chi connectivity index (χ1) is 16.1. The lowest BCUT2D eigenvalue weighted by Gasteiger charge is -2.43. The summed E-state index contributed by atoms with van der Waals surface area (Å²) in [4.78, 5) is 30.3. The number of hydrogen-bond acceptors (Lipinski definition) is 5. The minimum atomic E-state index is -0.362. The van der Waals surface area contributed by atoms with Crippen molar-refractivity contribution in [3.05, 3.63) is 29.8 Å². The van der Waals surface area contributed by atoms with E-state index in [1.54, 1.807) is 0 Å². The van der Waals surface area contributed by atoms with Crippen molar-refractivity contribution in [1.82, 2.24) is 15.1 Å². The molecule has 2 amide bonds. The fourth-order valence-electron chi connectivity index (χ4n) is 5.45. The molecular formula is C26H39N3O4. The number of benzene rings is 1. The zero-order valence-electron chi connectivity index (χ0n) is 20.0. The summed E-state index contributed by atoms with van der Waals surface area (Å²) in [5.74, 6) is 1.33. The molecule has 3 heterocycles. The highest BCUT2D eigenvalue weighted by Crippen LogP contribution is 2.39. The van der Waals surface area contributed by atoms with Crippen LogP contribution in [-0.4, -0.2) is 80.7 Å². The number of piperidine rings is 1. The lowest BCUT2D eigenvalue weighted by atomic mass is 9.73. The lowest BCUT2D eigenvalue weighted by molar-refractivity contribution is -0.148. The first-order valence-electron chi connectivity index (χ1n) is 12.6. The first kappa shape index (κ1) is 24.0. The zero-order chi connectivity index (χ0) is 23.1. The molecule has 1 unspecified atom stereocenters. The normalized spacial score (nSPS) is 24.8. The van der Waals surface area contributed by atoms with Gasteiger partial charge in [0.25, 0.3) is 0 Å². The van der Waals surface area contributed by atoms with Gasteiger partial charge in [-0.15, -0.1) is 0 Å². The van der Waals surface area contributed by atoms with Crippen molar-refractivity contribution in [1.29, 1.82) is 0 Å². The van der Waals surface area contributed by atoms with E-state index in [-0.39, 0.29) is 23.3 Å². The molecule has 4 rings (SSSR count). The Labute approximate surface area is 197 Å². The van der Waals surface area contributed by atoms with Crippen LogP contribution in [0.2, 0.25) is 0 Å². The number of amides is 2. The Balaban J connectivity index is 1.37. The third-order valence-corrected chi connectivity index (χ3v) is 7.55. The van der Waals surface area contributed by atoms with E-state index in [1.165, 1.54) is 5.56 Å². The van der Waals surface area contributed by atoms with Gasteiger partial charge in [0, 0.05) is 39.1 Å². The van der Waals surface area contributed by atoms with Crippen LogP contribution in [0.5, 0.6) is 5.75 Å². The molecule has 2 fully saturated rings. The average Bonchev–Trinajstić information content (AvgIpc) is 2.85. The molecule has 0 aliphatic carbocycles. The van der Waals surface area contributed by atoms with E-state index in [0.717, 1.165) is 57.2 Å². The predicted molar refractivity (Wildman–Crippen MR) is 127 cm³/mol. The van der Waals surface area contributed by atoms with Crippen LogP contribution in [0, 0.1) is 5.41 Å². The van der Waals surface area contributed by atoms with Crippen molar-refractivity contribution in [3.8, 4) is 5.75 Å². The molecule has 1 N–H and O–H groups in total. The summed E-state index contributed by atoms with van der Waals surface area (Å²) >= 11 is 0. The van der Waals surface area contributed by atoms with Gasteiger partial charge in [-0.2, -0.15) is 0 Å². The highest BCUT2D eigenvalue weighted by molar-refractivity contribution is 5.83. The molecule has 1 spiro atoms. The van der Waals surface area contributed by atoms with Crippen LogP contribution in [0.25, 0.3) is 0 Å². The second-order valence-corrected chi connectivity index (χ2v) is 9.83. The SMILES string of the molecule is CN1CCOc2ccccc2CCCCCC2(CCN(C(=O)CC3COCCN3)CC2)C1=O. The Hall–Kier alpha value is -2.12. The molecule has 1 aromatic carbocycles. The topological polar surface area (TPSA) is 71.1 Å².